The maximum Gasteiger partial charge on any atom is 0.136 e. The third kappa shape index (κ3) is 4.82. The molecule has 0 radical (unpaired) electrons. The van der Waals surface area contributed by atoms with Crippen LogP contribution >= 0.6 is 0 Å². The second-order valence-electron chi connectivity index (χ2n) is 14.4. The number of para-hydroxylation sites is 1. The summed E-state index contributed by atoms with van der Waals surface area (Å²) in [4.78, 5) is 0. The predicted molar refractivity (Wildman–Crippen MR) is 253 cm³/mol. The van der Waals surface area contributed by atoms with Crippen LogP contribution in [0.25, 0.3) is 131 Å². The van der Waals surface area contributed by atoms with Gasteiger partial charge >= 0.3 is 0 Å². The highest BCUT2D eigenvalue weighted by molar-refractivity contribution is 6.27. The fourth-order valence-corrected chi connectivity index (χ4v) is 8.72. The highest BCUT2D eigenvalue weighted by atomic mass is 16.3. The van der Waals surface area contributed by atoms with Crippen molar-refractivity contribution in [2.75, 3.05) is 0 Å². The Kier molecular flexibility index (Phi) is 4.19. The van der Waals surface area contributed by atoms with E-state index in [9.17, 15) is 11.0 Å². The summed E-state index contributed by atoms with van der Waals surface area (Å²) in [6.07, 6.45) is 0. The molecular formula is C58H34O2. The number of benzene rings is 11. The summed E-state index contributed by atoms with van der Waals surface area (Å²) < 4.78 is 186. The SMILES string of the molecule is [2H]c1c([2H])c(-c2c3c([2H])c([2H])c([2H])c([2H])c3c(-c3ccc(-c4ccc5c(c4)oc4ccc6oc7ccccc7c6c45)c4ccccc34)c3c([2H])c([2H])c([2H])c([2H])c23)c([2H])c([2H])c1-c1c([2H])c([2H])c([2H])c2c([2H])c([2H])c([2H])c([2H])c12. The zero-order valence-corrected chi connectivity index (χ0v) is 31.0. The molecule has 13 rings (SSSR count). The van der Waals surface area contributed by atoms with E-state index in [-0.39, 0.29) is 21.9 Å². The molecule has 0 N–H and O–H groups in total. The van der Waals surface area contributed by atoms with Crippen LogP contribution in [0, 0.1) is 0 Å². The molecule has 0 spiro atoms. The zero-order valence-electron chi connectivity index (χ0n) is 50.0. The van der Waals surface area contributed by atoms with Gasteiger partial charge in [-0.3, -0.25) is 0 Å². The van der Waals surface area contributed by atoms with Crippen molar-refractivity contribution in [3.63, 3.8) is 0 Å². The van der Waals surface area contributed by atoms with Crippen molar-refractivity contribution in [1.82, 2.24) is 0 Å². The zero-order chi connectivity index (χ0) is 55.8. The van der Waals surface area contributed by atoms with Crippen LogP contribution in [0.1, 0.15) is 26.0 Å². The lowest BCUT2D eigenvalue weighted by Crippen LogP contribution is -1.92. The van der Waals surface area contributed by atoms with Gasteiger partial charge in [0.2, 0.25) is 0 Å². The van der Waals surface area contributed by atoms with Crippen molar-refractivity contribution < 1.29 is 34.9 Å². The van der Waals surface area contributed by atoms with Crippen LogP contribution < -0.4 is 0 Å². The van der Waals surface area contributed by atoms with E-state index in [1.165, 1.54) is 0 Å². The molecule has 0 aliphatic carbocycles. The first-order chi connectivity index (χ1) is 37.7. The Labute approximate surface area is 371 Å². The first-order valence-corrected chi connectivity index (χ1v) is 19.0. The Morgan fingerprint density at radius 1 is 0.300 bits per heavy atom. The summed E-state index contributed by atoms with van der Waals surface area (Å²) in [7, 11) is 0. The molecule has 0 unspecified atom stereocenters. The largest absolute Gasteiger partial charge is 0.456 e. The van der Waals surface area contributed by atoms with E-state index < -0.39 is 159 Å². The van der Waals surface area contributed by atoms with Crippen LogP contribution in [-0.4, -0.2) is 0 Å². The Bertz CT molecular complexity index is 4900. The average Bonchev–Trinajstić information content (AvgIpc) is 4.03. The van der Waals surface area contributed by atoms with E-state index in [4.69, 9.17) is 23.9 Å². The molecule has 60 heavy (non-hydrogen) atoms. The van der Waals surface area contributed by atoms with Crippen LogP contribution in [0.2, 0.25) is 0 Å². The summed E-state index contributed by atoms with van der Waals surface area (Å²) in [6.45, 7) is 0. The van der Waals surface area contributed by atoms with E-state index >= 15 is 0 Å². The summed E-state index contributed by atoms with van der Waals surface area (Å²) in [5.74, 6) is 0. The molecule has 0 aliphatic heterocycles. The number of hydrogen-bond acceptors (Lipinski definition) is 2. The average molecular weight is 782 g/mol. The minimum absolute atomic E-state index is 0.0376. The molecule has 0 amide bonds. The summed E-state index contributed by atoms with van der Waals surface area (Å²) in [6, 6.07) is 13.2. The number of fused-ring (bicyclic) bond motifs is 11. The lowest BCUT2D eigenvalue weighted by atomic mass is 9.83. The first kappa shape index (κ1) is 19.7. The van der Waals surface area contributed by atoms with Crippen LogP contribution in [-0.2, 0) is 0 Å². The van der Waals surface area contributed by atoms with Crippen molar-refractivity contribution in [3.8, 4) is 44.5 Å². The van der Waals surface area contributed by atoms with Gasteiger partial charge in [0.1, 0.15) is 22.3 Å². The fourth-order valence-electron chi connectivity index (χ4n) is 8.72. The molecule has 0 saturated carbocycles. The van der Waals surface area contributed by atoms with E-state index in [1.807, 2.05) is 66.7 Å². The molecule has 2 heterocycles. The van der Waals surface area contributed by atoms with Crippen molar-refractivity contribution in [1.29, 1.82) is 0 Å². The maximum absolute atomic E-state index is 9.69. The van der Waals surface area contributed by atoms with E-state index in [0.717, 1.165) is 32.7 Å². The molecule has 0 atom stereocenters. The minimum atomic E-state index is -0.923. The first-order valence-electron chi connectivity index (χ1n) is 28.5. The van der Waals surface area contributed by atoms with Crippen LogP contribution in [0.15, 0.2) is 215 Å². The molecule has 2 heteroatoms. The van der Waals surface area contributed by atoms with E-state index in [0.29, 0.717) is 33.1 Å². The molecule has 13 aromatic rings. The molecule has 0 saturated heterocycles. The molecule has 2 aromatic heterocycles. The van der Waals surface area contributed by atoms with Gasteiger partial charge < -0.3 is 8.83 Å². The monoisotopic (exact) mass is 781 g/mol. The highest BCUT2D eigenvalue weighted by Gasteiger charge is 2.21. The number of hydrogen-bond donors (Lipinski definition) is 0. The van der Waals surface area contributed by atoms with Gasteiger partial charge in [-0.1, -0.05) is 175 Å². The van der Waals surface area contributed by atoms with Gasteiger partial charge in [-0.05, 0) is 118 Å². The Hall–Kier alpha value is -7.94. The van der Waals surface area contributed by atoms with Crippen molar-refractivity contribution in [2.24, 2.45) is 0 Å². The van der Waals surface area contributed by atoms with Gasteiger partial charge in [-0.25, -0.2) is 0 Å². The molecule has 0 fully saturated rings. The molecule has 0 aliphatic rings. The van der Waals surface area contributed by atoms with Crippen molar-refractivity contribution >= 4 is 87.0 Å². The maximum atomic E-state index is 9.69. The predicted octanol–water partition coefficient (Wildman–Crippen LogP) is 16.8. The smallest absolute Gasteiger partial charge is 0.136 e. The molecule has 2 nitrogen and oxygen atoms in total. The Balaban J connectivity index is 1.12. The fraction of sp³-hybridized carbons (Fsp3) is 0. The minimum Gasteiger partial charge on any atom is -0.456 e. The van der Waals surface area contributed by atoms with Crippen LogP contribution in [0.3, 0.4) is 0 Å². The molecular weight excluding hydrogens is 729 g/mol. The molecule has 11 aromatic carbocycles. The molecule has 278 valence electrons. The third-order valence-corrected chi connectivity index (χ3v) is 11.3. The van der Waals surface area contributed by atoms with Gasteiger partial charge in [0.05, 0.1) is 26.0 Å². The second-order valence-corrected chi connectivity index (χ2v) is 14.4. The highest BCUT2D eigenvalue weighted by Crippen LogP contribution is 2.47. The standard InChI is InChI=1S/C58H34O2/c1-2-14-39-35(12-1)13-11-22-40(39)36-24-26-37(27-25-36)55-44-17-5-7-19-46(44)56(47-20-8-6-18-45(47)55)48-31-30-41(42-15-3-4-16-43(42)48)38-28-29-50-54(34-38)60-53-33-32-52-57(58(50)53)49-21-9-10-23-51(49)59-52/h1-34H/i1D,2D,5D,6D,7D,8D,11D,12D,13D,14D,17D,18D,19D,20D,22D,24D,25D,26D,27D. The quantitative estimate of drug-likeness (QED) is 0.166. The van der Waals surface area contributed by atoms with Gasteiger partial charge in [0, 0.05) is 21.5 Å². The second kappa shape index (κ2) is 12.8. The van der Waals surface area contributed by atoms with Crippen molar-refractivity contribution in [3.05, 3.63) is 206 Å². The van der Waals surface area contributed by atoms with Gasteiger partial charge in [-0.15, -0.1) is 0 Å². The third-order valence-electron chi connectivity index (χ3n) is 11.3. The lowest BCUT2D eigenvalue weighted by molar-refractivity contribution is 0.663. The summed E-state index contributed by atoms with van der Waals surface area (Å²) in [5.41, 5.74) is 1.97. The summed E-state index contributed by atoms with van der Waals surface area (Å²) in [5, 5.41) is 2.41. The van der Waals surface area contributed by atoms with Gasteiger partial charge in [-0.2, -0.15) is 0 Å². The normalized spacial score (nSPS) is 16.4. The number of rotatable bonds is 4. The van der Waals surface area contributed by atoms with Crippen LogP contribution in [0.4, 0.5) is 0 Å². The van der Waals surface area contributed by atoms with E-state index in [1.54, 1.807) is 24.3 Å². The van der Waals surface area contributed by atoms with Crippen molar-refractivity contribution in [2.45, 2.75) is 0 Å². The summed E-state index contributed by atoms with van der Waals surface area (Å²) >= 11 is 0. The Morgan fingerprint density at radius 3 is 1.55 bits per heavy atom. The molecule has 0 bridgehead atoms. The topological polar surface area (TPSA) is 26.3 Å². The van der Waals surface area contributed by atoms with Crippen LogP contribution in [0.5, 0.6) is 0 Å². The van der Waals surface area contributed by atoms with E-state index in [2.05, 4.69) is 0 Å². The Morgan fingerprint density at radius 2 is 0.833 bits per heavy atom. The lowest BCUT2D eigenvalue weighted by Gasteiger charge is -2.20. The van der Waals surface area contributed by atoms with Gasteiger partial charge in [0.25, 0.3) is 0 Å². The van der Waals surface area contributed by atoms with Gasteiger partial charge in [0.15, 0.2) is 0 Å². The number of furan rings is 2.